The van der Waals surface area contributed by atoms with Crippen molar-refractivity contribution in [3.8, 4) is 11.5 Å². The van der Waals surface area contributed by atoms with Crippen molar-refractivity contribution in [3.63, 3.8) is 0 Å². The molecule has 1 unspecified atom stereocenters. The highest BCUT2D eigenvalue weighted by Crippen LogP contribution is 2.32. The van der Waals surface area contributed by atoms with Gasteiger partial charge in [-0.05, 0) is 49.2 Å². The Hall–Kier alpha value is -2.63. The molecule has 0 aliphatic heterocycles. The minimum absolute atomic E-state index is 0.142. The predicted octanol–water partition coefficient (Wildman–Crippen LogP) is 2.87. The number of carbonyl (C=O) groups is 1. The van der Waals surface area contributed by atoms with Crippen LogP contribution in [0.2, 0.25) is 0 Å². The lowest BCUT2D eigenvalue weighted by Crippen LogP contribution is -2.38. The van der Waals surface area contributed by atoms with E-state index in [4.69, 9.17) is 9.47 Å². The van der Waals surface area contributed by atoms with E-state index in [9.17, 15) is 4.79 Å². The first-order chi connectivity index (χ1) is 11.5. The molecular weight excluding hydrogens is 306 g/mol. The third-order valence-electron chi connectivity index (χ3n) is 3.91. The number of aromatic nitrogens is 1. The summed E-state index contributed by atoms with van der Waals surface area (Å²) in [6.45, 7) is 5.24. The van der Waals surface area contributed by atoms with Gasteiger partial charge in [0, 0.05) is 25.5 Å². The number of nitrogens with one attached hydrogen (secondary N) is 2. The zero-order chi connectivity index (χ0) is 17.5. The maximum Gasteiger partial charge on any atom is 0.315 e. The minimum Gasteiger partial charge on any atom is -0.493 e. The molecule has 0 aliphatic rings. The molecule has 1 heterocycles. The Morgan fingerprint density at radius 3 is 2.42 bits per heavy atom. The summed E-state index contributed by atoms with van der Waals surface area (Å²) in [7, 11) is 3.21. The van der Waals surface area contributed by atoms with E-state index < -0.39 is 0 Å². The minimum atomic E-state index is -0.191. The van der Waals surface area contributed by atoms with Crippen molar-refractivity contribution >= 4 is 6.03 Å². The van der Waals surface area contributed by atoms with Gasteiger partial charge in [0.1, 0.15) is 0 Å². The lowest BCUT2D eigenvalue weighted by atomic mass is 10.0. The largest absolute Gasteiger partial charge is 0.493 e. The summed E-state index contributed by atoms with van der Waals surface area (Å²) in [6, 6.07) is 7.40. The number of benzene rings is 1. The Morgan fingerprint density at radius 2 is 1.79 bits per heavy atom. The second-order valence-corrected chi connectivity index (χ2v) is 5.61. The molecule has 0 spiro atoms. The Bertz CT molecular complexity index is 668. The lowest BCUT2D eigenvalue weighted by Gasteiger charge is -2.19. The highest BCUT2D eigenvalue weighted by atomic mass is 16.5. The summed E-state index contributed by atoms with van der Waals surface area (Å²) >= 11 is 0. The third-order valence-corrected chi connectivity index (χ3v) is 3.91. The lowest BCUT2D eigenvalue weighted by molar-refractivity contribution is 0.237. The van der Waals surface area contributed by atoms with E-state index >= 15 is 0 Å². The van der Waals surface area contributed by atoms with Crippen molar-refractivity contribution in [3.05, 3.63) is 47.8 Å². The van der Waals surface area contributed by atoms with E-state index in [1.54, 1.807) is 14.2 Å². The van der Waals surface area contributed by atoms with Crippen LogP contribution in [-0.2, 0) is 6.54 Å². The first-order valence-electron chi connectivity index (χ1n) is 7.92. The summed E-state index contributed by atoms with van der Waals surface area (Å²) in [4.78, 5) is 12.1. The van der Waals surface area contributed by atoms with E-state index in [0.717, 1.165) is 17.7 Å². The van der Waals surface area contributed by atoms with E-state index in [2.05, 4.69) is 10.6 Å². The second-order valence-electron chi connectivity index (χ2n) is 5.61. The number of ether oxygens (including phenoxy) is 2. The second kappa shape index (κ2) is 8.29. The van der Waals surface area contributed by atoms with Crippen LogP contribution in [0.4, 0.5) is 4.79 Å². The van der Waals surface area contributed by atoms with Gasteiger partial charge < -0.3 is 24.7 Å². The van der Waals surface area contributed by atoms with Crippen LogP contribution in [0.15, 0.2) is 36.7 Å². The normalized spacial score (nSPS) is 11.7. The van der Waals surface area contributed by atoms with Crippen LogP contribution in [0, 0.1) is 6.92 Å². The Kier molecular flexibility index (Phi) is 6.12. The number of carbonyl (C=O) groups excluding carboxylic acids is 1. The number of nitrogens with zero attached hydrogens (tertiary/aromatic N) is 1. The number of urea groups is 1. The number of methoxy groups -OCH3 is 2. The summed E-state index contributed by atoms with van der Waals surface area (Å²) in [6.07, 6.45) is 3.93. The van der Waals surface area contributed by atoms with E-state index in [1.165, 1.54) is 0 Å². The molecule has 1 aromatic carbocycles. The van der Waals surface area contributed by atoms with E-state index in [0.29, 0.717) is 18.0 Å². The molecule has 0 saturated heterocycles. The quantitative estimate of drug-likeness (QED) is 0.820. The fourth-order valence-corrected chi connectivity index (χ4v) is 2.61. The molecule has 2 rings (SSSR count). The van der Waals surface area contributed by atoms with Gasteiger partial charge >= 0.3 is 6.03 Å². The molecular formula is C18H25N3O3. The SMILES string of the molecule is COc1cc(C)c(C(C)NC(=O)NCCn2cccc2)cc1OC. The molecule has 6 heteroatoms. The highest BCUT2D eigenvalue weighted by molar-refractivity contribution is 5.74. The van der Waals surface area contributed by atoms with Gasteiger partial charge in [-0.1, -0.05) is 0 Å². The Balaban J connectivity index is 1.93. The molecule has 0 fully saturated rings. The fraction of sp³-hybridized carbons (Fsp3) is 0.389. The van der Waals surface area contributed by atoms with E-state index in [-0.39, 0.29) is 12.1 Å². The van der Waals surface area contributed by atoms with Crippen molar-refractivity contribution in [2.24, 2.45) is 0 Å². The highest BCUT2D eigenvalue weighted by Gasteiger charge is 2.15. The van der Waals surface area contributed by atoms with Gasteiger partial charge in [-0.25, -0.2) is 4.79 Å². The Labute approximate surface area is 142 Å². The molecule has 2 N–H and O–H groups in total. The first kappa shape index (κ1) is 17.7. The van der Waals surface area contributed by atoms with E-state index in [1.807, 2.05) is 55.1 Å². The molecule has 24 heavy (non-hydrogen) atoms. The zero-order valence-corrected chi connectivity index (χ0v) is 14.6. The smallest absolute Gasteiger partial charge is 0.315 e. The summed E-state index contributed by atoms with van der Waals surface area (Å²) in [5, 5.41) is 5.82. The standard InChI is InChI=1S/C18H25N3O3/c1-13-11-16(23-3)17(24-4)12-15(13)14(2)20-18(22)19-7-10-21-8-5-6-9-21/h5-6,8-9,11-12,14H,7,10H2,1-4H3,(H2,19,20,22). The first-order valence-corrected chi connectivity index (χ1v) is 7.92. The zero-order valence-electron chi connectivity index (χ0n) is 14.6. The summed E-state index contributed by atoms with van der Waals surface area (Å²) in [5.74, 6) is 1.34. The van der Waals surface area contributed by atoms with Crippen LogP contribution < -0.4 is 20.1 Å². The average Bonchev–Trinajstić information content (AvgIpc) is 3.07. The molecule has 1 aromatic heterocycles. The molecule has 6 nitrogen and oxygen atoms in total. The van der Waals surface area contributed by atoms with Crippen molar-refractivity contribution < 1.29 is 14.3 Å². The predicted molar refractivity (Wildman–Crippen MR) is 93.7 cm³/mol. The van der Waals surface area contributed by atoms with Gasteiger partial charge in [0.05, 0.1) is 20.3 Å². The van der Waals surface area contributed by atoms with Gasteiger partial charge in [-0.3, -0.25) is 0 Å². The number of amides is 2. The molecule has 0 bridgehead atoms. The molecule has 1 atom stereocenters. The van der Waals surface area contributed by atoms with Gasteiger partial charge in [0.15, 0.2) is 11.5 Å². The number of rotatable bonds is 7. The summed E-state index contributed by atoms with van der Waals surface area (Å²) in [5.41, 5.74) is 2.03. The van der Waals surface area contributed by atoms with Crippen LogP contribution >= 0.6 is 0 Å². The Morgan fingerprint density at radius 1 is 1.17 bits per heavy atom. The topological polar surface area (TPSA) is 64.5 Å². The van der Waals surface area contributed by atoms with Crippen LogP contribution in [0.3, 0.4) is 0 Å². The molecule has 130 valence electrons. The van der Waals surface area contributed by atoms with Gasteiger partial charge in [0.25, 0.3) is 0 Å². The maximum absolute atomic E-state index is 12.1. The number of hydrogen-bond acceptors (Lipinski definition) is 3. The average molecular weight is 331 g/mol. The molecule has 0 aliphatic carbocycles. The number of aryl methyl sites for hydroxylation is 1. The maximum atomic E-state index is 12.1. The molecule has 0 radical (unpaired) electrons. The van der Waals surface area contributed by atoms with Gasteiger partial charge in [0.2, 0.25) is 0 Å². The molecule has 2 aromatic rings. The van der Waals surface area contributed by atoms with Crippen LogP contribution in [0.25, 0.3) is 0 Å². The number of hydrogen-bond donors (Lipinski definition) is 2. The molecule has 2 amide bonds. The van der Waals surface area contributed by atoms with Crippen molar-refractivity contribution in [1.29, 1.82) is 0 Å². The van der Waals surface area contributed by atoms with Crippen LogP contribution in [-0.4, -0.2) is 31.4 Å². The van der Waals surface area contributed by atoms with Crippen molar-refractivity contribution in [1.82, 2.24) is 15.2 Å². The summed E-state index contributed by atoms with van der Waals surface area (Å²) < 4.78 is 12.6. The monoisotopic (exact) mass is 331 g/mol. The third kappa shape index (κ3) is 4.44. The van der Waals surface area contributed by atoms with Crippen molar-refractivity contribution in [2.45, 2.75) is 26.4 Å². The van der Waals surface area contributed by atoms with Gasteiger partial charge in [-0.2, -0.15) is 0 Å². The molecule has 0 saturated carbocycles. The fourth-order valence-electron chi connectivity index (χ4n) is 2.61. The van der Waals surface area contributed by atoms with Crippen LogP contribution in [0.1, 0.15) is 24.1 Å². The van der Waals surface area contributed by atoms with Crippen molar-refractivity contribution in [2.75, 3.05) is 20.8 Å². The van der Waals surface area contributed by atoms with Gasteiger partial charge in [-0.15, -0.1) is 0 Å². The van der Waals surface area contributed by atoms with Crippen LogP contribution in [0.5, 0.6) is 11.5 Å².